The summed E-state index contributed by atoms with van der Waals surface area (Å²) in [4.78, 5) is 23.2. The lowest BCUT2D eigenvalue weighted by Gasteiger charge is -2.02. The first-order valence-electron chi connectivity index (χ1n) is 7.56. The van der Waals surface area contributed by atoms with Gasteiger partial charge in [0.2, 0.25) is 5.90 Å². The molecule has 5 nitrogen and oxygen atoms in total. The molecule has 0 saturated heterocycles. The van der Waals surface area contributed by atoms with Crippen LogP contribution in [0.4, 0.5) is 0 Å². The molecule has 0 amide bonds. The van der Waals surface area contributed by atoms with E-state index in [4.69, 9.17) is 4.74 Å². The van der Waals surface area contributed by atoms with Gasteiger partial charge in [0.15, 0.2) is 10.7 Å². The molecule has 0 aliphatic carbocycles. The van der Waals surface area contributed by atoms with Crippen molar-refractivity contribution in [2.24, 2.45) is 4.99 Å². The molecule has 1 aromatic carbocycles. The van der Waals surface area contributed by atoms with Crippen molar-refractivity contribution in [1.82, 2.24) is 9.38 Å². The van der Waals surface area contributed by atoms with Gasteiger partial charge in [-0.25, -0.2) is 14.8 Å². The Balaban J connectivity index is 1.80. The first-order chi connectivity index (χ1) is 11.5. The molecule has 0 atom stereocenters. The number of benzene rings is 1. The molecule has 0 fully saturated rings. The summed E-state index contributed by atoms with van der Waals surface area (Å²) in [7, 11) is 0. The number of fused-ring (bicyclic) bond motifs is 1. The molecule has 120 valence electrons. The number of rotatable bonds is 2. The number of carbonyl (C=O) groups is 1. The van der Waals surface area contributed by atoms with Crippen LogP contribution in [0.2, 0.25) is 0 Å². The van der Waals surface area contributed by atoms with Gasteiger partial charge in [-0.1, -0.05) is 18.2 Å². The van der Waals surface area contributed by atoms with Gasteiger partial charge in [-0.2, -0.15) is 0 Å². The zero-order valence-electron chi connectivity index (χ0n) is 13.5. The van der Waals surface area contributed by atoms with E-state index < -0.39 is 5.97 Å². The molecule has 0 unspecified atom stereocenters. The van der Waals surface area contributed by atoms with Crippen LogP contribution in [0.3, 0.4) is 0 Å². The fourth-order valence-electron chi connectivity index (χ4n) is 2.72. The molecule has 2 aromatic heterocycles. The lowest BCUT2D eigenvalue weighted by Crippen LogP contribution is -2.06. The van der Waals surface area contributed by atoms with E-state index in [0.29, 0.717) is 11.6 Å². The number of hydrogen-bond donors (Lipinski definition) is 0. The van der Waals surface area contributed by atoms with Crippen LogP contribution >= 0.6 is 11.3 Å². The molecule has 0 bridgehead atoms. The molecule has 4 rings (SSSR count). The highest BCUT2D eigenvalue weighted by Gasteiger charge is 2.26. The van der Waals surface area contributed by atoms with Gasteiger partial charge in [0, 0.05) is 16.6 Å². The fourth-order valence-corrected chi connectivity index (χ4v) is 3.60. The minimum Gasteiger partial charge on any atom is -0.402 e. The predicted molar refractivity (Wildman–Crippen MR) is 94.3 cm³/mol. The summed E-state index contributed by atoms with van der Waals surface area (Å²) in [6.45, 7) is 5.92. The molecule has 1 aliphatic rings. The zero-order valence-corrected chi connectivity index (χ0v) is 14.3. The van der Waals surface area contributed by atoms with E-state index in [-0.39, 0.29) is 0 Å². The van der Waals surface area contributed by atoms with Crippen LogP contribution in [-0.2, 0) is 9.53 Å². The quantitative estimate of drug-likeness (QED) is 0.530. The van der Waals surface area contributed by atoms with Crippen LogP contribution in [0.15, 0.2) is 41.2 Å². The van der Waals surface area contributed by atoms with Crippen molar-refractivity contribution in [1.29, 1.82) is 0 Å². The Hall–Kier alpha value is -2.73. The Morgan fingerprint density at radius 3 is 2.79 bits per heavy atom. The third-order valence-electron chi connectivity index (χ3n) is 3.93. The maximum Gasteiger partial charge on any atom is 0.363 e. The summed E-state index contributed by atoms with van der Waals surface area (Å²) in [5.41, 5.74) is 3.86. The normalized spacial score (nSPS) is 16.0. The minimum atomic E-state index is -0.436. The van der Waals surface area contributed by atoms with Crippen molar-refractivity contribution < 1.29 is 9.53 Å². The molecule has 0 N–H and O–H groups in total. The monoisotopic (exact) mass is 337 g/mol. The van der Waals surface area contributed by atoms with E-state index >= 15 is 0 Å². The van der Waals surface area contributed by atoms with Gasteiger partial charge in [-0.05, 0) is 38.5 Å². The lowest BCUT2D eigenvalue weighted by atomic mass is 10.1. The number of cyclic esters (lactones) is 1. The van der Waals surface area contributed by atoms with E-state index in [1.165, 1.54) is 0 Å². The molecular formula is C18H15N3O2S. The van der Waals surface area contributed by atoms with Gasteiger partial charge in [-0.15, -0.1) is 11.3 Å². The number of aliphatic imine (C=N–C) groups is 1. The van der Waals surface area contributed by atoms with Crippen LogP contribution in [0, 0.1) is 20.8 Å². The number of aromatic nitrogens is 2. The molecule has 3 aromatic rings. The minimum absolute atomic E-state index is 0.294. The summed E-state index contributed by atoms with van der Waals surface area (Å²) in [5, 5.41) is 0. The van der Waals surface area contributed by atoms with Gasteiger partial charge in [-0.3, -0.25) is 4.40 Å². The van der Waals surface area contributed by atoms with E-state index in [9.17, 15) is 4.79 Å². The molecule has 0 radical (unpaired) electrons. The van der Waals surface area contributed by atoms with Crippen molar-refractivity contribution in [2.75, 3.05) is 0 Å². The fraction of sp³-hybridized carbons (Fsp3) is 0.167. The van der Waals surface area contributed by atoms with Crippen LogP contribution in [0.25, 0.3) is 11.0 Å². The zero-order chi connectivity index (χ0) is 16.8. The SMILES string of the molecule is Cc1cn2c(C=C3N=C(c4ccccc4C)OC3=O)c(C)nc2s1. The van der Waals surface area contributed by atoms with E-state index in [1.54, 1.807) is 17.4 Å². The second-order valence-electron chi connectivity index (χ2n) is 5.73. The lowest BCUT2D eigenvalue weighted by molar-refractivity contribution is -0.129. The van der Waals surface area contributed by atoms with Gasteiger partial charge in [0.05, 0.1) is 11.4 Å². The standard InChI is InChI=1S/C18H15N3O2S/c1-10-6-4-5-7-13(10)16-20-14(17(22)23-16)8-15-12(3)19-18-21(15)9-11(2)24-18/h4-9H,1-3H3. The second kappa shape index (κ2) is 5.42. The third kappa shape index (κ3) is 2.35. The van der Waals surface area contributed by atoms with E-state index in [2.05, 4.69) is 9.98 Å². The number of nitrogens with zero attached hydrogens (tertiary/aromatic N) is 3. The molecule has 3 heterocycles. The Labute approximate surface area is 142 Å². The van der Waals surface area contributed by atoms with Crippen molar-refractivity contribution in [3.63, 3.8) is 0 Å². The highest BCUT2D eigenvalue weighted by atomic mass is 32.1. The average Bonchev–Trinajstić information content (AvgIpc) is 3.15. The van der Waals surface area contributed by atoms with Gasteiger partial charge < -0.3 is 4.74 Å². The summed E-state index contributed by atoms with van der Waals surface area (Å²) in [6, 6.07) is 7.71. The second-order valence-corrected chi connectivity index (χ2v) is 6.94. The number of carbonyl (C=O) groups excluding carboxylic acids is 1. The van der Waals surface area contributed by atoms with Gasteiger partial charge in [0.25, 0.3) is 0 Å². The molecule has 24 heavy (non-hydrogen) atoms. The highest BCUT2D eigenvalue weighted by molar-refractivity contribution is 7.17. The predicted octanol–water partition coefficient (Wildman–Crippen LogP) is 3.67. The molecular weight excluding hydrogens is 322 g/mol. The Bertz CT molecular complexity index is 1040. The summed E-state index contributed by atoms with van der Waals surface area (Å²) < 4.78 is 7.35. The Morgan fingerprint density at radius 2 is 2.00 bits per heavy atom. The van der Waals surface area contributed by atoms with Crippen molar-refractivity contribution in [3.05, 3.63) is 63.6 Å². The average molecular weight is 337 g/mol. The van der Waals surface area contributed by atoms with Crippen molar-refractivity contribution >= 4 is 34.2 Å². The van der Waals surface area contributed by atoms with Crippen molar-refractivity contribution in [3.8, 4) is 0 Å². The molecule has 1 aliphatic heterocycles. The van der Waals surface area contributed by atoms with E-state index in [1.807, 2.05) is 55.6 Å². The number of thiazole rings is 1. The number of aryl methyl sites for hydroxylation is 3. The number of ether oxygens (including phenoxy) is 1. The smallest absolute Gasteiger partial charge is 0.363 e. The summed E-state index contributed by atoms with van der Waals surface area (Å²) >= 11 is 1.62. The first kappa shape index (κ1) is 14.8. The third-order valence-corrected chi connectivity index (χ3v) is 4.83. The summed E-state index contributed by atoms with van der Waals surface area (Å²) in [6.07, 6.45) is 3.76. The molecule has 0 saturated carbocycles. The van der Waals surface area contributed by atoms with Crippen LogP contribution < -0.4 is 0 Å². The van der Waals surface area contributed by atoms with Gasteiger partial charge in [0.1, 0.15) is 0 Å². The molecule has 6 heteroatoms. The maximum atomic E-state index is 12.2. The number of imidazole rings is 1. The van der Waals surface area contributed by atoms with Crippen LogP contribution in [0.1, 0.15) is 27.4 Å². The highest BCUT2D eigenvalue weighted by Crippen LogP contribution is 2.25. The summed E-state index contributed by atoms with van der Waals surface area (Å²) in [5.74, 6) is -0.0844. The number of hydrogen-bond acceptors (Lipinski definition) is 5. The largest absolute Gasteiger partial charge is 0.402 e. The van der Waals surface area contributed by atoms with E-state index in [0.717, 1.165) is 32.4 Å². The Morgan fingerprint density at radius 1 is 1.21 bits per heavy atom. The topological polar surface area (TPSA) is 56.0 Å². The van der Waals surface area contributed by atoms with Crippen LogP contribution in [-0.4, -0.2) is 21.3 Å². The first-order valence-corrected chi connectivity index (χ1v) is 8.38. The maximum absolute atomic E-state index is 12.2. The van der Waals surface area contributed by atoms with Crippen molar-refractivity contribution in [2.45, 2.75) is 20.8 Å². The van der Waals surface area contributed by atoms with Gasteiger partial charge >= 0.3 is 5.97 Å². The molecule has 0 spiro atoms. The number of esters is 1. The van der Waals surface area contributed by atoms with Crippen LogP contribution in [0.5, 0.6) is 0 Å². The Kier molecular flexibility index (Phi) is 3.35.